The number of fused-ring (bicyclic) bond motifs is 1. The molecule has 3 aromatic rings. The van der Waals surface area contributed by atoms with Crippen LogP contribution in [0, 0.1) is 5.92 Å². The molecule has 0 amide bonds. The number of carboxylic acids is 1. The molecule has 1 fully saturated rings. The molecule has 2 heterocycles. The van der Waals surface area contributed by atoms with Crippen molar-refractivity contribution in [1.82, 2.24) is 24.6 Å². The second kappa shape index (κ2) is 9.70. The third-order valence-electron chi connectivity index (χ3n) is 5.70. The van der Waals surface area contributed by atoms with Gasteiger partial charge in [-0.3, -0.25) is 9.32 Å². The van der Waals surface area contributed by atoms with Gasteiger partial charge in [-0.05, 0) is 24.6 Å². The van der Waals surface area contributed by atoms with E-state index in [1.807, 2.05) is 0 Å². The van der Waals surface area contributed by atoms with Crippen molar-refractivity contribution in [3.8, 4) is 5.75 Å². The van der Waals surface area contributed by atoms with Gasteiger partial charge < -0.3 is 25.0 Å². The van der Waals surface area contributed by atoms with E-state index in [2.05, 4.69) is 26.6 Å². The van der Waals surface area contributed by atoms with Gasteiger partial charge in [0, 0.05) is 5.92 Å². The van der Waals surface area contributed by atoms with Crippen LogP contribution in [0.1, 0.15) is 13.0 Å². The van der Waals surface area contributed by atoms with Crippen molar-refractivity contribution in [2.24, 2.45) is 5.92 Å². The molecule has 0 aliphatic heterocycles. The molecule has 35 heavy (non-hydrogen) atoms. The van der Waals surface area contributed by atoms with Gasteiger partial charge in [-0.15, -0.1) is 0 Å². The molecule has 186 valence electrons. The van der Waals surface area contributed by atoms with Crippen LogP contribution in [0.5, 0.6) is 5.75 Å². The summed E-state index contributed by atoms with van der Waals surface area (Å²) in [5.41, 5.74) is 6.57. The number of nitrogens with zero attached hydrogens (tertiary/aromatic N) is 4. The summed E-state index contributed by atoms with van der Waals surface area (Å²) in [7, 11) is -4.26. The first-order valence-electron chi connectivity index (χ1n) is 10.5. The molecule has 0 spiro atoms. The van der Waals surface area contributed by atoms with Crippen molar-refractivity contribution < 1.29 is 33.0 Å². The Hall–Kier alpha value is -3.38. The normalized spacial score (nSPS) is 24.8. The van der Waals surface area contributed by atoms with E-state index in [4.69, 9.17) is 14.8 Å². The van der Waals surface area contributed by atoms with Crippen LogP contribution in [0.15, 0.2) is 55.1 Å². The Bertz CT molecular complexity index is 1290. The van der Waals surface area contributed by atoms with Gasteiger partial charge in [-0.2, -0.15) is 5.09 Å². The standard InChI is InChI=1S/C21H24FN6O6P/c1-11-14(8-33-35(32,27-12(2)21(30)31)34-13-6-4-3-5-7-13)18(29)15(22)17(11)28-10-26-16-19(23)24-9-25-20(16)28/h3-7,9-10,12,14-15,17-18,29H,1,8H2,2H3,(H,27,32)(H,30,31)(H2,23,24,25)/t12?,14-,15+,17+,18+,35+/m0/s1. The maximum Gasteiger partial charge on any atom is 0.459 e. The number of nitrogens with one attached hydrogen (secondary N) is 1. The molecule has 0 saturated heterocycles. The summed E-state index contributed by atoms with van der Waals surface area (Å²) in [6, 6.07) is 5.66. The average Bonchev–Trinajstić information content (AvgIpc) is 3.32. The Labute approximate surface area is 199 Å². The van der Waals surface area contributed by atoms with E-state index in [1.165, 1.54) is 36.3 Å². The quantitative estimate of drug-likeness (QED) is 0.247. The van der Waals surface area contributed by atoms with Gasteiger partial charge in [0.05, 0.1) is 25.1 Å². The number of aliphatic hydroxyl groups is 1. The highest BCUT2D eigenvalue weighted by Gasteiger charge is 2.48. The van der Waals surface area contributed by atoms with Crippen LogP contribution in [-0.2, 0) is 13.9 Å². The number of carboxylic acid groups (broad SMARTS) is 1. The Morgan fingerprint density at radius 2 is 2.06 bits per heavy atom. The number of alkyl halides is 1. The van der Waals surface area contributed by atoms with Crippen molar-refractivity contribution in [3.05, 3.63) is 55.1 Å². The predicted molar refractivity (Wildman–Crippen MR) is 123 cm³/mol. The van der Waals surface area contributed by atoms with Gasteiger partial charge in [-0.1, -0.05) is 24.8 Å². The second-order valence-electron chi connectivity index (χ2n) is 8.03. The Balaban J connectivity index is 1.56. The summed E-state index contributed by atoms with van der Waals surface area (Å²) < 4.78 is 41.0. The van der Waals surface area contributed by atoms with Crippen molar-refractivity contribution in [3.63, 3.8) is 0 Å². The molecule has 14 heteroatoms. The highest BCUT2D eigenvalue weighted by Crippen LogP contribution is 2.48. The zero-order chi connectivity index (χ0) is 25.3. The van der Waals surface area contributed by atoms with Crippen LogP contribution in [-0.4, -0.2) is 60.6 Å². The van der Waals surface area contributed by atoms with Gasteiger partial charge >= 0.3 is 13.7 Å². The maximum absolute atomic E-state index is 15.3. The number of imidazole rings is 1. The van der Waals surface area contributed by atoms with Crippen molar-refractivity contribution in [2.45, 2.75) is 31.3 Å². The summed E-state index contributed by atoms with van der Waals surface area (Å²) >= 11 is 0. The van der Waals surface area contributed by atoms with Crippen LogP contribution < -0.4 is 15.3 Å². The minimum absolute atomic E-state index is 0.117. The lowest BCUT2D eigenvalue weighted by molar-refractivity contribution is -0.138. The lowest BCUT2D eigenvalue weighted by Crippen LogP contribution is -2.34. The number of aliphatic hydroxyl groups excluding tert-OH is 1. The lowest BCUT2D eigenvalue weighted by atomic mass is 10.0. The maximum atomic E-state index is 15.3. The molecule has 12 nitrogen and oxygen atoms in total. The third-order valence-corrected chi connectivity index (χ3v) is 7.34. The Morgan fingerprint density at radius 1 is 1.34 bits per heavy atom. The highest BCUT2D eigenvalue weighted by atomic mass is 31.2. The first-order valence-corrected chi connectivity index (χ1v) is 12.1. The van der Waals surface area contributed by atoms with Crippen LogP contribution >= 0.6 is 7.75 Å². The van der Waals surface area contributed by atoms with Crippen molar-refractivity contribution in [2.75, 3.05) is 12.3 Å². The number of hydrogen-bond acceptors (Lipinski definition) is 9. The molecule has 1 saturated carbocycles. The fourth-order valence-electron chi connectivity index (χ4n) is 3.84. The second-order valence-corrected chi connectivity index (χ2v) is 9.72. The Kier molecular flexibility index (Phi) is 6.86. The van der Waals surface area contributed by atoms with E-state index in [1.54, 1.807) is 18.2 Å². The highest BCUT2D eigenvalue weighted by molar-refractivity contribution is 7.52. The largest absolute Gasteiger partial charge is 0.480 e. The first kappa shape index (κ1) is 24.7. The smallest absolute Gasteiger partial charge is 0.459 e. The van der Waals surface area contributed by atoms with Crippen LogP contribution in [0.3, 0.4) is 0 Å². The molecule has 1 unspecified atom stereocenters. The van der Waals surface area contributed by atoms with Crippen LogP contribution in [0.4, 0.5) is 10.2 Å². The molecule has 4 rings (SSSR count). The fraction of sp³-hybridized carbons (Fsp3) is 0.333. The average molecular weight is 506 g/mol. The van der Waals surface area contributed by atoms with E-state index in [9.17, 15) is 19.6 Å². The zero-order valence-electron chi connectivity index (χ0n) is 18.6. The summed E-state index contributed by atoms with van der Waals surface area (Å²) in [5, 5.41) is 22.2. The summed E-state index contributed by atoms with van der Waals surface area (Å²) in [6.07, 6.45) is -0.839. The molecule has 1 aromatic carbocycles. The summed E-state index contributed by atoms with van der Waals surface area (Å²) in [5.74, 6) is -2.00. The lowest BCUT2D eigenvalue weighted by Gasteiger charge is -2.24. The monoisotopic (exact) mass is 506 g/mol. The van der Waals surface area contributed by atoms with E-state index in [0.717, 1.165) is 0 Å². The Morgan fingerprint density at radius 3 is 2.74 bits per heavy atom. The molecule has 6 atom stereocenters. The van der Waals surface area contributed by atoms with Gasteiger partial charge in [-0.25, -0.2) is 23.9 Å². The molecule has 1 aliphatic rings. The molecule has 0 radical (unpaired) electrons. The predicted octanol–water partition coefficient (Wildman–Crippen LogP) is 2.10. The molecule has 1 aliphatic carbocycles. The number of benzene rings is 1. The van der Waals surface area contributed by atoms with Crippen molar-refractivity contribution in [1.29, 1.82) is 0 Å². The number of para-hydroxylation sites is 1. The fourth-order valence-corrected chi connectivity index (χ4v) is 5.36. The van der Waals surface area contributed by atoms with Gasteiger partial charge in [0.25, 0.3) is 0 Å². The first-order chi connectivity index (χ1) is 16.6. The number of rotatable bonds is 9. The number of anilines is 1. The minimum Gasteiger partial charge on any atom is -0.480 e. The number of nitrogens with two attached hydrogens (primary N) is 1. The van der Waals surface area contributed by atoms with E-state index in [0.29, 0.717) is 0 Å². The summed E-state index contributed by atoms with van der Waals surface area (Å²) in [4.78, 5) is 23.4. The summed E-state index contributed by atoms with van der Waals surface area (Å²) in [6.45, 7) is 4.73. The molecular formula is C21H24FN6O6P. The number of carbonyl (C=O) groups is 1. The third kappa shape index (κ3) is 4.89. The number of aliphatic carboxylic acids is 1. The molecular weight excluding hydrogens is 482 g/mol. The number of aromatic nitrogens is 4. The topological polar surface area (TPSA) is 175 Å². The van der Waals surface area contributed by atoms with E-state index < -0.39 is 50.6 Å². The molecule has 0 bridgehead atoms. The van der Waals surface area contributed by atoms with Crippen molar-refractivity contribution >= 4 is 30.7 Å². The van der Waals surface area contributed by atoms with Crippen LogP contribution in [0.2, 0.25) is 0 Å². The number of hydrogen-bond donors (Lipinski definition) is 4. The minimum atomic E-state index is -4.26. The van der Waals surface area contributed by atoms with E-state index in [-0.39, 0.29) is 28.3 Å². The van der Waals surface area contributed by atoms with E-state index >= 15 is 4.39 Å². The molecule has 5 N–H and O–H groups in total. The number of nitrogen functional groups attached to an aromatic ring is 1. The SMILES string of the molecule is C=C1[C@@H](n2cnc3c(N)ncnc32)[C@@H](F)[C@H](O)[C@H]1CO[P@](=O)(NC(C)C(=O)O)Oc1ccccc1. The number of halogens is 1. The van der Waals surface area contributed by atoms with Crippen LogP contribution in [0.25, 0.3) is 11.2 Å². The van der Waals surface area contributed by atoms with Gasteiger partial charge in [0.1, 0.15) is 23.6 Å². The van der Waals surface area contributed by atoms with Gasteiger partial charge in [0.2, 0.25) is 0 Å². The zero-order valence-corrected chi connectivity index (χ0v) is 19.5. The molecule has 2 aromatic heterocycles. The van der Waals surface area contributed by atoms with Gasteiger partial charge in [0.15, 0.2) is 17.6 Å².